The Morgan fingerprint density at radius 2 is 1.96 bits per heavy atom. The number of carbonyl (C=O) groups excluding carboxylic acids is 1. The van der Waals surface area contributed by atoms with Gasteiger partial charge in [0.15, 0.2) is 21.9 Å². The Kier molecular flexibility index (Phi) is 3.27. The molecule has 0 spiro atoms. The third-order valence-corrected chi connectivity index (χ3v) is 3.49. The number of nitrogens with zero attached hydrogens (tertiary/aromatic N) is 2. The zero-order valence-corrected chi connectivity index (χ0v) is 13.0. The van der Waals surface area contributed by atoms with E-state index in [1.165, 1.54) is 0 Å². The van der Waals surface area contributed by atoms with Crippen LogP contribution in [0.5, 0.6) is 11.5 Å². The van der Waals surface area contributed by atoms with Gasteiger partial charge in [0.25, 0.3) is 11.8 Å². The van der Waals surface area contributed by atoms with Crippen LogP contribution >= 0.6 is 15.9 Å². The molecule has 4 rings (SSSR count). The van der Waals surface area contributed by atoms with Crippen molar-refractivity contribution in [3.8, 4) is 23.1 Å². The number of hydrogen-bond donors (Lipinski definition) is 1. The molecule has 116 valence electrons. The van der Waals surface area contributed by atoms with Gasteiger partial charge >= 0.3 is 6.01 Å². The van der Waals surface area contributed by atoms with Gasteiger partial charge in [0.2, 0.25) is 6.79 Å². The van der Waals surface area contributed by atoms with Crippen LogP contribution in [0.3, 0.4) is 0 Å². The van der Waals surface area contributed by atoms with Crippen molar-refractivity contribution in [3.63, 3.8) is 0 Å². The monoisotopic (exact) mass is 377 g/mol. The van der Waals surface area contributed by atoms with Crippen LogP contribution in [0.2, 0.25) is 0 Å². The molecule has 0 atom stereocenters. The summed E-state index contributed by atoms with van der Waals surface area (Å²) in [5.41, 5.74) is 0.384. The minimum absolute atomic E-state index is 0.0322. The number of amides is 1. The number of hydrogen-bond acceptors (Lipinski definition) is 7. The zero-order chi connectivity index (χ0) is 15.8. The fraction of sp³-hybridized carbons (Fsp3) is 0.0714. The predicted molar refractivity (Wildman–Crippen MR) is 80.2 cm³/mol. The molecule has 0 aliphatic carbocycles. The Balaban J connectivity index is 1.52. The maximum atomic E-state index is 12.2. The second-order valence-corrected chi connectivity index (χ2v) is 5.32. The Hall–Kier alpha value is -2.81. The van der Waals surface area contributed by atoms with Gasteiger partial charge < -0.3 is 18.3 Å². The van der Waals surface area contributed by atoms with Gasteiger partial charge in [0.05, 0.1) is 0 Å². The first kappa shape index (κ1) is 13.8. The van der Waals surface area contributed by atoms with Crippen LogP contribution in [0.15, 0.2) is 43.8 Å². The van der Waals surface area contributed by atoms with Crippen molar-refractivity contribution in [1.82, 2.24) is 10.2 Å². The molecule has 2 aromatic heterocycles. The third-order valence-electron chi connectivity index (χ3n) is 3.06. The lowest BCUT2D eigenvalue weighted by Gasteiger charge is -2.01. The summed E-state index contributed by atoms with van der Waals surface area (Å²) in [6, 6.07) is 8.19. The second kappa shape index (κ2) is 5.43. The first-order valence-corrected chi connectivity index (χ1v) is 7.28. The number of rotatable bonds is 3. The lowest BCUT2D eigenvalue weighted by atomic mass is 10.2. The molecule has 1 aliphatic heterocycles. The molecule has 0 saturated heterocycles. The van der Waals surface area contributed by atoms with Crippen LogP contribution in [0, 0.1) is 0 Å². The summed E-state index contributed by atoms with van der Waals surface area (Å²) in [6.45, 7) is 0.145. The third kappa shape index (κ3) is 2.66. The summed E-state index contributed by atoms with van der Waals surface area (Å²) in [5, 5.41) is 10.1. The molecule has 1 amide bonds. The standard InChI is InChI=1S/C14H8BrN3O5/c15-11-4-3-9(22-11)13-17-18-14(23-13)16-12(19)7-1-2-8-10(5-7)21-6-20-8/h1-5H,6H2,(H,16,18,19). The number of anilines is 1. The van der Waals surface area contributed by atoms with E-state index >= 15 is 0 Å². The molecule has 3 heterocycles. The average Bonchev–Trinajstić information content (AvgIpc) is 3.26. The van der Waals surface area contributed by atoms with Crippen molar-refractivity contribution in [2.24, 2.45) is 0 Å². The van der Waals surface area contributed by atoms with E-state index in [1.807, 2.05) is 0 Å². The largest absolute Gasteiger partial charge is 0.454 e. The lowest BCUT2D eigenvalue weighted by molar-refractivity contribution is 0.102. The smallest absolute Gasteiger partial charge is 0.322 e. The maximum absolute atomic E-state index is 12.2. The first-order chi connectivity index (χ1) is 11.2. The van der Waals surface area contributed by atoms with Crippen molar-refractivity contribution in [2.45, 2.75) is 0 Å². The summed E-state index contributed by atoms with van der Waals surface area (Å²) in [5.74, 6) is 1.28. The van der Waals surface area contributed by atoms with E-state index in [0.717, 1.165) is 0 Å². The fourth-order valence-electron chi connectivity index (χ4n) is 2.01. The Morgan fingerprint density at radius 3 is 2.78 bits per heavy atom. The first-order valence-electron chi connectivity index (χ1n) is 6.49. The molecule has 0 bridgehead atoms. The van der Waals surface area contributed by atoms with E-state index in [4.69, 9.17) is 18.3 Å². The number of nitrogens with one attached hydrogen (secondary N) is 1. The molecule has 0 unspecified atom stereocenters. The van der Waals surface area contributed by atoms with Gasteiger partial charge in [-0.05, 0) is 46.3 Å². The molecule has 1 N–H and O–H groups in total. The van der Waals surface area contributed by atoms with Crippen molar-refractivity contribution >= 4 is 27.9 Å². The van der Waals surface area contributed by atoms with Gasteiger partial charge in [-0.3, -0.25) is 10.1 Å². The quantitative estimate of drug-likeness (QED) is 0.748. The maximum Gasteiger partial charge on any atom is 0.322 e. The summed E-state index contributed by atoms with van der Waals surface area (Å²) in [6.07, 6.45) is 0. The highest BCUT2D eigenvalue weighted by atomic mass is 79.9. The normalized spacial score (nSPS) is 12.4. The zero-order valence-electron chi connectivity index (χ0n) is 11.4. The predicted octanol–water partition coefficient (Wildman–Crippen LogP) is 3.07. The van der Waals surface area contributed by atoms with Crippen molar-refractivity contribution in [1.29, 1.82) is 0 Å². The topological polar surface area (TPSA) is 99.6 Å². The number of aromatic nitrogens is 2. The highest BCUT2D eigenvalue weighted by molar-refractivity contribution is 9.10. The summed E-state index contributed by atoms with van der Waals surface area (Å²) >= 11 is 3.18. The molecule has 23 heavy (non-hydrogen) atoms. The van der Waals surface area contributed by atoms with Crippen LogP contribution in [-0.2, 0) is 0 Å². The summed E-state index contributed by atoms with van der Waals surface area (Å²) < 4.78 is 21.6. The van der Waals surface area contributed by atoms with Gasteiger partial charge in [-0.25, -0.2) is 0 Å². The van der Waals surface area contributed by atoms with E-state index in [2.05, 4.69) is 31.4 Å². The second-order valence-electron chi connectivity index (χ2n) is 4.54. The van der Waals surface area contributed by atoms with Crippen molar-refractivity contribution < 1.29 is 23.1 Å². The Morgan fingerprint density at radius 1 is 1.09 bits per heavy atom. The van der Waals surface area contributed by atoms with Crippen LogP contribution in [0.1, 0.15) is 10.4 Å². The van der Waals surface area contributed by atoms with Gasteiger partial charge in [-0.1, -0.05) is 5.10 Å². The van der Waals surface area contributed by atoms with Gasteiger partial charge in [0.1, 0.15) is 0 Å². The SMILES string of the molecule is O=C(Nc1nnc(-c2ccc(Br)o2)o1)c1ccc2c(c1)OCO2. The minimum atomic E-state index is -0.404. The molecule has 1 aliphatic rings. The van der Waals surface area contributed by atoms with Crippen molar-refractivity contribution in [3.05, 3.63) is 40.6 Å². The fourth-order valence-corrected chi connectivity index (χ4v) is 2.32. The molecule has 0 saturated carbocycles. The Labute approximate surface area is 137 Å². The number of furan rings is 1. The summed E-state index contributed by atoms with van der Waals surface area (Å²) in [7, 11) is 0. The van der Waals surface area contributed by atoms with E-state index < -0.39 is 5.91 Å². The van der Waals surface area contributed by atoms with E-state index in [0.29, 0.717) is 27.5 Å². The van der Waals surface area contributed by atoms with Crippen LogP contribution < -0.4 is 14.8 Å². The highest BCUT2D eigenvalue weighted by Crippen LogP contribution is 2.32. The molecule has 9 heteroatoms. The lowest BCUT2D eigenvalue weighted by Crippen LogP contribution is -2.12. The molecule has 3 aromatic rings. The van der Waals surface area contributed by atoms with E-state index in [-0.39, 0.29) is 18.7 Å². The number of fused-ring (bicyclic) bond motifs is 1. The van der Waals surface area contributed by atoms with Crippen LogP contribution in [-0.4, -0.2) is 22.9 Å². The Bertz CT molecular complexity index is 888. The van der Waals surface area contributed by atoms with Crippen molar-refractivity contribution in [2.75, 3.05) is 12.1 Å². The molecule has 8 nitrogen and oxygen atoms in total. The van der Waals surface area contributed by atoms with Crippen LogP contribution in [0.25, 0.3) is 11.7 Å². The minimum Gasteiger partial charge on any atom is -0.454 e. The molecule has 1 aromatic carbocycles. The molecule has 0 radical (unpaired) electrons. The molecular weight excluding hydrogens is 370 g/mol. The number of halogens is 1. The average molecular weight is 378 g/mol. The van der Waals surface area contributed by atoms with Gasteiger partial charge in [-0.15, -0.1) is 5.10 Å². The summed E-state index contributed by atoms with van der Waals surface area (Å²) in [4.78, 5) is 12.2. The molecule has 0 fully saturated rings. The van der Waals surface area contributed by atoms with Gasteiger partial charge in [0, 0.05) is 5.56 Å². The number of ether oxygens (including phenoxy) is 2. The molecular formula is C14H8BrN3O5. The van der Waals surface area contributed by atoms with E-state index in [1.54, 1.807) is 30.3 Å². The highest BCUT2D eigenvalue weighted by Gasteiger charge is 2.18. The number of benzene rings is 1. The van der Waals surface area contributed by atoms with Crippen LogP contribution in [0.4, 0.5) is 6.01 Å². The number of carbonyl (C=O) groups is 1. The van der Waals surface area contributed by atoms with E-state index in [9.17, 15) is 4.79 Å². The van der Waals surface area contributed by atoms with Gasteiger partial charge in [-0.2, -0.15) is 0 Å².